The molecular weight excluding hydrogens is 215 g/mol. The normalized spacial score (nSPS) is 13.8. The number of hydrogen-bond acceptors (Lipinski definition) is 1. The first-order chi connectivity index (χ1) is 7.83. The average Bonchev–Trinajstić information content (AvgIpc) is 2.25. The summed E-state index contributed by atoms with van der Waals surface area (Å²) in [6, 6.07) is 4.92. The van der Waals surface area contributed by atoms with Gasteiger partial charge < -0.3 is 5.11 Å². The van der Waals surface area contributed by atoms with E-state index < -0.39 is 6.10 Å². The van der Waals surface area contributed by atoms with Gasteiger partial charge in [-0.15, -0.1) is 0 Å². The van der Waals surface area contributed by atoms with Gasteiger partial charge in [0.2, 0.25) is 0 Å². The van der Waals surface area contributed by atoms with Gasteiger partial charge in [0.05, 0.1) is 6.10 Å². The van der Waals surface area contributed by atoms with Gasteiger partial charge in [-0.25, -0.2) is 4.39 Å². The summed E-state index contributed by atoms with van der Waals surface area (Å²) >= 11 is 0. The lowest BCUT2D eigenvalue weighted by molar-refractivity contribution is 0.147. The van der Waals surface area contributed by atoms with E-state index in [4.69, 9.17) is 0 Å². The molecule has 2 heteroatoms. The maximum Gasteiger partial charge on any atom is 0.126 e. The van der Waals surface area contributed by atoms with E-state index in [2.05, 4.69) is 20.8 Å². The molecular formula is C15H23FO. The van der Waals surface area contributed by atoms with Crippen LogP contribution in [0.4, 0.5) is 4.39 Å². The highest BCUT2D eigenvalue weighted by atomic mass is 19.1. The molecule has 0 spiro atoms. The Morgan fingerprint density at radius 2 is 1.94 bits per heavy atom. The molecule has 0 amide bonds. The fourth-order valence-corrected chi connectivity index (χ4v) is 1.81. The number of aliphatic hydroxyl groups excluding tert-OH is 1. The molecule has 1 unspecified atom stereocenters. The summed E-state index contributed by atoms with van der Waals surface area (Å²) in [6.07, 6.45) is 1.84. The highest BCUT2D eigenvalue weighted by Gasteiger charge is 2.15. The first kappa shape index (κ1) is 14.2. The molecule has 0 aliphatic heterocycles. The van der Waals surface area contributed by atoms with Crippen molar-refractivity contribution in [2.45, 2.75) is 53.1 Å². The quantitative estimate of drug-likeness (QED) is 0.831. The van der Waals surface area contributed by atoms with Crippen LogP contribution in [0.1, 0.15) is 57.8 Å². The molecule has 1 aromatic carbocycles. The number of aliphatic hydroxyl groups is 1. The second-order valence-electron chi connectivity index (χ2n) is 5.82. The maximum atomic E-state index is 13.3. The van der Waals surface area contributed by atoms with Crippen molar-refractivity contribution < 1.29 is 9.50 Å². The molecule has 0 fully saturated rings. The number of benzene rings is 1. The van der Waals surface area contributed by atoms with Crippen LogP contribution >= 0.6 is 0 Å². The predicted molar refractivity (Wildman–Crippen MR) is 69.4 cm³/mol. The Hall–Kier alpha value is -0.890. The molecule has 0 aliphatic rings. The Balaban J connectivity index is 2.72. The fourth-order valence-electron chi connectivity index (χ4n) is 1.81. The molecule has 0 aromatic heterocycles. The first-order valence-corrected chi connectivity index (χ1v) is 6.30. The lowest BCUT2D eigenvalue weighted by Crippen LogP contribution is -2.08. The SMILES string of the molecule is CCc1cc(C(O)CCC(C)(C)C)ccc1F. The van der Waals surface area contributed by atoms with Crippen molar-refractivity contribution in [1.29, 1.82) is 0 Å². The zero-order valence-corrected chi connectivity index (χ0v) is 11.3. The zero-order chi connectivity index (χ0) is 13.1. The molecule has 1 nitrogen and oxygen atoms in total. The highest BCUT2D eigenvalue weighted by Crippen LogP contribution is 2.28. The van der Waals surface area contributed by atoms with Crippen molar-refractivity contribution in [3.8, 4) is 0 Å². The minimum atomic E-state index is -0.486. The number of halogens is 1. The second kappa shape index (κ2) is 5.63. The summed E-state index contributed by atoms with van der Waals surface area (Å²) in [6.45, 7) is 8.38. The van der Waals surface area contributed by atoms with Crippen molar-refractivity contribution in [3.05, 3.63) is 35.1 Å². The maximum absolute atomic E-state index is 13.3. The van der Waals surface area contributed by atoms with Crippen molar-refractivity contribution in [2.24, 2.45) is 5.41 Å². The Bertz CT molecular complexity index is 366. The van der Waals surface area contributed by atoms with Gasteiger partial charge >= 0.3 is 0 Å². The summed E-state index contributed by atoms with van der Waals surface area (Å²) in [5.74, 6) is -0.181. The van der Waals surface area contributed by atoms with Gasteiger partial charge in [-0.05, 0) is 41.9 Å². The molecule has 96 valence electrons. The van der Waals surface area contributed by atoms with Crippen LogP contribution in [0.3, 0.4) is 0 Å². The van der Waals surface area contributed by atoms with E-state index in [1.807, 2.05) is 6.92 Å². The van der Waals surface area contributed by atoms with Crippen LogP contribution in [0.2, 0.25) is 0 Å². The fraction of sp³-hybridized carbons (Fsp3) is 0.600. The van der Waals surface area contributed by atoms with Crippen LogP contribution < -0.4 is 0 Å². The van der Waals surface area contributed by atoms with Gasteiger partial charge in [0, 0.05) is 0 Å². The molecule has 0 saturated carbocycles. The lowest BCUT2D eigenvalue weighted by Gasteiger charge is -2.20. The predicted octanol–water partition coefficient (Wildman–Crippen LogP) is 4.25. The Morgan fingerprint density at radius 3 is 2.47 bits per heavy atom. The van der Waals surface area contributed by atoms with Crippen molar-refractivity contribution in [1.82, 2.24) is 0 Å². The molecule has 0 aliphatic carbocycles. The number of aryl methyl sites for hydroxylation is 1. The van der Waals surface area contributed by atoms with Gasteiger partial charge in [-0.3, -0.25) is 0 Å². The smallest absolute Gasteiger partial charge is 0.126 e. The van der Waals surface area contributed by atoms with Gasteiger partial charge in [0.1, 0.15) is 5.82 Å². The zero-order valence-electron chi connectivity index (χ0n) is 11.3. The second-order valence-corrected chi connectivity index (χ2v) is 5.82. The molecule has 0 saturated heterocycles. The lowest BCUT2D eigenvalue weighted by atomic mass is 9.88. The van der Waals surface area contributed by atoms with E-state index in [0.29, 0.717) is 12.0 Å². The molecule has 1 aromatic rings. The van der Waals surface area contributed by atoms with Crippen LogP contribution in [0, 0.1) is 11.2 Å². The van der Waals surface area contributed by atoms with E-state index in [0.717, 1.165) is 18.4 Å². The third-order valence-corrected chi connectivity index (χ3v) is 3.00. The Labute approximate surface area is 104 Å². The van der Waals surface area contributed by atoms with Gasteiger partial charge in [-0.2, -0.15) is 0 Å². The first-order valence-electron chi connectivity index (χ1n) is 6.30. The molecule has 1 rings (SSSR count). The van der Waals surface area contributed by atoms with Crippen LogP contribution in [-0.2, 0) is 6.42 Å². The Morgan fingerprint density at radius 1 is 1.29 bits per heavy atom. The monoisotopic (exact) mass is 238 g/mol. The van der Waals surface area contributed by atoms with E-state index in [-0.39, 0.29) is 11.2 Å². The van der Waals surface area contributed by atoms with Gasteiger partial charge in [0.15, 0.2) is 0 Å². The molecule has 0 heterocycles. The van der Waals surface area contributed by atoms with Crippen molar-refractivity contribution in [3.63, 3.8) is 0 Å². The molecule has 0 bridgehead atoms. The molecule has 17 heavy (non-hydrogen) atoms. The van der Waals surface area contributed by atoms with Gasteiger partial charge in [-0.1, -0.05) is 39.8 Å². The standard InChI is InChI=1S/C15H23FO/c1-5-11-10-12(6-7-13(11)16)14(17)8-9-15(2,3)4/h6-7,10,14,17H,5,8-9H2,1-4H3. The molecule has 0 radical (unpaired) electrons. The van der Waals surface area contributed by atoms with Crippen LogP contribution in [0.15, 0.2) is 18.2 Å². The van der Waals surface area contributed by atoms with Crippen molar-refractivity contribution >= 4 is 0 Å². The Kier molecular flexibility index (Phi) is 4.70. The highest BCUT2D eigenvalue weighted by molar-refractivity contribution is 5.26. The molecule has 1 atom stereocenters. The van der Waals surface area contributed by atoms with Crippen LogP contribution in [-0.4, -0.2) is 5.11 Å². The van der Waals surface area contributed by atoms with Crippen LogP contribution in [0.5, 0.6) is 0 Å². The molecule has 1 N–H and O–H groups in total. The summed E-state index contributed by atoms with van der Waals surface area (Å²) in [5.41, 5.74) is 1.72. The topological polar surface area (TPSA) is 20.2 Å². The largest absolute Gasteiger partial charge is 0.388 e. The number of rotatable bonds is 4. The van der Waals surface area contributed by atoms with Crippen LogP contribution in [0.25, 0.3) is 0 Å². The van der Waals surface area contributed by atoms with E-state index in [1.165, 1.54) is 6.07 Å². The van der Waals surface area contributed by atoms with E-state index in [1.54, 1.807) is 12.1 Å². The average molecular weight is 238 g/mol. The summed E-state index contributed by atoms with van der Waals surface area (Å²) in [7, 11) is 0. The minimum Gasteiger partial charge on any atom is -0.388 e. The third-order valence-electron chi connectivity index (χ3n) is 3.00. The van der Waals surface area contributed by atoms with Crippen molar-refractivity contribution in [2.75, 3.05) is 0 Å². The van der Waals surface area contributed by atoms with E-state index in [9.17, 15) is 9.50 Å². The summed E-state index contributed by atoms with van der Waals surface area (Å²) in [4.78, 5) is 0. The number of hydrogen-bond donors (Lipinski definition) is 1. The summed E-state index contributed by atoms with van der Waals surface area (Å²) < 4.78 is 13.3. The summed E-state index contributed by atoms with van der Waals surface area (Å²) in [5, 5.41) is 10.1. The van der Waals surface area contributed by atoms with Gasteiger partial charge in [0.25, 0.3) is 0 Å². The minimum absolute atomic E-state index is 0.181. The van der Waals surface area contributed by atoms with E-state index >= 15 is 0 Å². The third kappa shape index (κ3) is 4.47.